The summed E-state index contributed by atoms with van der Waals surface area (Å²) in [5, 5.41) is 14.8. The molecule has 0 amide bonds. The van der Waals surface area contributed by atoms with Crippen LogP contribution in [0.2, 0.25) is 0 Å². The van der Waals surface area contributed by atoms with Gasteiger partial charge in [0.1, 0.15) is 0 Å². The van der Waals surface area contributed by atoms with Crippen molar-refractivity contribution in [2.75, 3.05) is 5.43 Å². The Bertz CT molecular complexity index is 604. The number of carboxylic acid groups (broad SMARTS) is 1. The molecular formula is C15H13N2O2-. The molecule has 96 valence electrons. The molecule has 2 aromatic carbocycles. The van der Waals surface area contributed by atoms with E-state index in [4.69, 9.17) is 0 Å². The van der Waals surface area contributed by atoms with E-state index in [2.05, 4.69) is 10.5 Å². The summed E-state index contributed by atoms with van der Waals surface area (Å²) in [5.74, 6) is -1.20. The minimum absolute atomic E-state index is 0.121. The number of carbonyl (C=O) groups is 1. The first-order valence-corrected chi connectivity index (χ1v) is 5.82. The van der Waals surface area contributed by atoms with Gasteiger partial charge in [0.05, 0.1) is 17.9 Å². The zero-order valence-electron chi connectivity index (χ0n) is 10.5. The largest absolute Gasteiger partial charge is 0.545 e. The van der Waals surface area contributed by atoms with Crippen molar-refractivity contribution in [3.8, 4) is 0 Å². The van der Waals surface area contributed by atoms with E-state index in [9.17, 15) is 9.90 Å². The number of carboxylic acids is 1. The van der Waals surface area contributed by atoms with Crippen molar-refractivity contribution >= 4 is 17.9 Å². The van der Waals surface area contributed by atoms with Crippen LogP contribution in [0.25, 0.3) is 0 Å². The lowest BCUT2D eigenvalue weighted by molar-refractivity contribution is -0.255. The molecule has 0 bridgehead atoms. The summed E-state index contributed by atoms with van der Waals surface area (Å²) < 4.78 is 0. The van der Waals surface area contributed by atoms with Gasteiger partial charge in [-0.25, -0.2) is 0 Å². The fraction of sp³-hybridized carbons (Fsp3) is 0.0667. The predicted octanol–water partition coefficient (Wildman–Crippen LogP) is 1.80. The molecule has 19 heavy (non-hydrogen) atoms. The van der Waals surface area contributed by atoms with Gasteiger partial charge in [0.15, 0.2) is 0 Å². The number of aromatic carboxylic acids is 1. The molecule has 0 aliphatic rings. The highest BCUT2D eigenvalue weighted by Crippen LogP contribution is 2.10. The second-order valence-corrected chi connectivity index (χ2v) is 4.15. The number of aryl methyl sites for hydroxylation is 1. The first-order valence-electron chi connectivity index (χ1n) is 5.82. The third-order valence-electron chi connectivity index (χ3n) is 2.58. The Morgan fingerprint density at radius 1 is 1.21 bits per heavy atom. The molecule has 0 fully saturated rings. The lowest BCUT2D eigenvalue weighted by Gasteiger charge is -2.05. The van der Waals surface area contributed by atoms with Gasteiger partial charge in [-0.1, -0.05) is 42.0 Å². The molecular weight excluding hydrogens is 240 g/mol. The van der Waals surface area contributed by atoms with Crippen molar-refractivity contribution in [2.45, 2.75) is 6.92 Å². The lowest BCUT2D eigenvalue weighted by Crippen LogP contribution is -2.22. The molecule has 0 heterocycles. The maximum atomic E-state index is 10.7. The van der Waals surface area contributed by atoms with Gasteiger partial charge >= 0.3 is 0 Å². The third kappa shape index (κ3) is 3.67. The highest BCUT2D eigenvalue weighted by molar-refractivity contribution is 5.87. The van der Waals surface area contributed by atoms with E-state index in [0.29, 0.717) is 5.69 Å². The average molecular weight is 253 g/mol. The van der Waals surface area contributed by atoms with Crippen LogP contribution in [0.4, 0.5) is 5.69 Å². The van der Waals surface area contributed by atoms with E-state index in [1.807, 2.05) is 31.2 Å². The van der Waals surface area contributed by atoms with Crippen LogP contribution in [0.5, 0.6) is 0 Å². The van der Waals surface area contributed by atoms with E-state index in [-0.39, 0.29) is 5.56 Å². The molecule has 2 aromatic rings. The van der Waals surface area contributed by atoms with E-state index in [0.717, 1.165) is 5.56 Å². The van der Waals surface area contributed by atoms with Crippen molar-refractivity contribution in [3.05, 3.63) is 65.2 Å². The number of hydrogen-bond acceptors (Lipinski definition) is 4. The SMILES string of the molecule is Cc1ccc(/C=N\Nc2cccc(C(=O)[O-])c2)cc1. The molecule has 0 saturated carbocycles. The number of nitrogens with one attached hydrogen (secondary N) is 1. The van der Waals surface area contributed by atoms with E-state index >= 15 is 0 Å². The van der Waals surface area contributed by atoms with Crippen LogP contribution in [0.3, 0.4) is 0 Å². The van der Waals surface area contributed by atoms with Crippen molar-refractivity contribution in [1.82, 2.24) is 0 Å². The fourth-order valence-corrected chi connectivity index (χ4v) is 1.55. The maximum Gasteiger partial charge on any atom is 0.0716 e. The van der Waals surface area contributed by atoms with Gasteiger partial charge in [-0.05, 0) is 30.2 Å². The molecule has 4 heteroatoms. The Kier molecular flexibility index (Phi) is 3.93. The van der Waals surface area contributed by atoms with Gasteiger partial charge in [0, 0.05) is 0 Å². The molecule has 0 radical (unpaired) electrons. The number of hydrazone groups is 1. The highest BCUT2D eigenvalue weighted by atomic mass is 16.4. The zero-order chi connectivity index (χ0) is 13.7. The van der Waals surface area contributed by atoms with Gasteiger partial charge in [0.2, 0.25) is 0 Å². The molecule has 0 saturated heterocycles. The first-order chi connectivity index (χ1) is 9.15. The molecule has 0 spiro atoms. The van der Waals surface area contributed by atoms with Crippen LogP contribution >= 0.6 is 0 Å². The van der Waals surface area contributed by atoms with Crippen LogP contribution < -0.4 is 10.5 Å². The van der Waals surface area contributed by atoms with E-state index in [1.165, 1.54) is 17.7 Å². The zero-order valence-corrected chi connectivity index (χ0v) is 10.5. The van der Waals surface area contributed by atoms with Crippen LogP contribution in [0, 0.1) is 6.92 Å². The van der Waals surface area contributed by atoms with Crippen molar-refractivity contribution in [1.29, 1.82) is 0 Å². The summed E-state index contributed by atoms with van der Waals surface area (Å²) in [5.41, 5.74) is 5.66. The predicted molar refractivity (Wildman–Crippen MR) is 73.2 cm³/mol. The monoisotopic (exact) mass is 253 g/mol. The number of carbonyl (C=O) groups excluding carboxylic acids is 1. The summed E-state index contributed by atoms with van der Waals surface area (Å²) in [6.07, 6.45) is 1.67. The number of benzene rings is 2. The molecule has 0 atom stereocenters. The van der Waals surface area contributed by atoms with Crippen LogP contribution in [0.1, 0.15) is 21.5 Å². The Labute approximate surface area is 111 Å². The summed E-state index contributed by atoms with van der Waals surface area (Å²) in [4.78, 5) is 10.7. The Morgan fingerprint density at radius 3 is 2.63 bits per heavy atom. The summed E-state index contributed by atoms with van der Waals surface area (Å²) in [6, 6.07) is 14.2. The van der Waals surface area contributed by atoms with Gasteiger partial charge in [0.25, 0.3) is 0 Å². The third-order valence-corrected chi connectivity index (χ3v) is 2.58. The number of nitrogens with zero attached hydrogens (tertiary/aromatic N) is 1. The summed E-state index contributed by atoms with van der Waals surface area (Å²) in [6.45, 7) is 2.02. The molecule has 0 aliphatic carbocycles. The van der Waals surface area contributed by atoms with Crippen molar-refractivity contribution in [3.63, 3.8) is 0 Å². The Balaban J connectivity index is 2.04. The minimum atomic E-state index is -1.20. The van der Waals surface area contributed by atoms with Crippen molar-refractivity contribution in [2.24, 2.45) is 5.10 Å². The molecule has 0 unspecified atom stereocenters. The van der Waals surface area contributed by atoms with Gasteiger partial charge in [-0.2, -0.15) is 5.10 Å². The molecule has 0 aromatic heterocycles. The number of rotatable bonds is 4. The second kappa shape index (κ2) is 5.82. The minimum Gasteiger partial charge on any atom is -0.545 e. The fourth-order valence-electron chi connectivity index (χ4n) is 1.55. The second-order valence-electron chi connectivity index (χ2n) is 4.15. The van der Waals surface area contributed by atoms with Crippen LogP contribution in [0.15, 0.2) is 53.6 Å². The van der Waals surface area contributed by atoms with Gasteiger partial charge in [-0.15, -0.1) is 0 Å². The first kappa shape index (κ1) is 12.8. The summed E-state index contributed by atoms with van der Waals surface area (Å²) >= 11 is 0. The van der Waals surface area contributed by atoms with Gasteiger partial charge in [-0.3, -0.25) is 5.43 Å². The number of hydrogen-bond donors (Lipinski definition) is 1. The topological polar surface area (TPSA) is 64.5 Å². The Morgan fingerprint density at radius 2 is 1.95 bits per heavy atom. The molecule has 0 aliphatic heterocycles. The number of anilines is 1. The van der Waals surface area contributed by atoms with Gasteiger partial charge < -0.3 is 9.90 Å². The smallest absolute Gasteiger partial charge is 0.0716 e. The van der Waals surface area contributed by atoms with Crippen LogP contribution in [-0.4, -0.2) is 12.2 Å². The lowest BCUT2D eigenvalue weighted by atomic mass is 10.2. The molecule has 4 nitrogen and oxygen atoms in total. The maximum absolute atomic E-state index is 10.7. The Hall–Kier alpha value is -2.62. The van der Waals surface area contributed by atoms with Crippen molar-refractivity contribution < 1.29 is 9.90 Å². The summed E-state index contributed by atoms with van der Waals surface area (Å²) in [7, 11) is 0. The molecule has 1 N–H and O–H groups in total. The quantitative estimate of drug-likeness (QED) is 0.667. The normalized spacial score (nSPS) is 10.6. The van der Waals surface area contributed by atoms with Crippen LogP contribution in [-0.2, 0) is 0 Å². The highest BCUT2D eigenvalue weighted by Gasteiger charge is 1.95. The average Bonchev–Trinajstić information content (AvgIpc) is 2.41. The standard InChI is InChI=1S/C15H14N2O2/c1-11-5-7-12(8-6-11)10-16-17-14-4-2-3-13(9-14)15(18)19/h2-10,17H,1H3,(H,18,19)/p-1/b16-10-. The van der Waals surface area contributed by atoms with E-state index in [1.54, 1.807) is 18.3 Å². The molecule has 2 rings (SSSR count). The van der Waals surface area contributed by atoms with E-state index < -0.39 is 5.97 Å².